The molecule has 3 aromatic rings. The van der Waals surface area contributed by atoms with Crippen molar-refractivity contribution in [2.24, 2.45) is 7.05 Å². The lowest BCUT2D eigenvalue weighted by Crippen LogP contribution is -2.35. The highest BCUT2D eigenvalue weighted by Gasteiger charge is 2.15. The molecule has 0 atom stereocenters. The van der Waals surface area contributed by atoms with Gasteiger partial charge in [-0.25, -0.2) is 9.67 Å². The van der Waals surface area contributed by atoms with Crippen LogP contribution in [0.15, 0.2) is 40.0 Å². The molecule has 0 spiro atoms. The van der Waals surface area contributed by atoms with Gasteiger partial charge < -0.3 is 10.1 Å². The Morgan fingerprint density at radius 3 is 2.90 bits per heavy atom. The highest BCUT2D eigenvalue weighted by Crippen LogP contribution is 2.17. The smallest absolute Gasteiger partial charge is 0.266 e. The molecule has 0 aliphatic carbocycles. The molecular formula is C19H21BrN6O3. The maximum Gasteiger partial charge on any atom is 0.266 e. The van der Waals surface area contributed by atoms with Crippen LogP contribution >= 0.6 is 15.9 Å². The summed E-state index contributed by atoms with van der Waals surface area (Å²) in [7, 11) is 1.71. The van der Waals surface area contributed by atoms with Crippen LogP contribution in [0.3, 0.4) is 0 Å². The maximum atomic E-state index is 12.7. The Morgan fingerprint density at radius 1 is 1.31 bits per heavy atom. The molecule has 1 aliphatic rings. The topological polar surface area (TPSA) is 94.3 Å². The second-order valence-corrected chi connectivity index (χ2v) is 7.68. The molecule has 1 aliphatic heterocycles. The van der Waals surface area contributed by atoms with Gasteiger partial charge in [-0.3, -0.25) is 19.1 Å². The number of fused-ring (bicyclic) bond motifs is 1. The van der Waals surface area contributed by atoms with Crippen molar-refractivity contribution in [3.8, 4) is 0 Å². The van der Waals surface area contributed by atoms with E-state index in [1.165, 1.54) is 15.6 Å². The van der Waals surface area contributed by atoms with Crippen LogP contribution < -0.4 is 10.9 Å². The number of aromatic nitrogens is 4. The van der Waals surface area contributed by atoms with E-state index in [0.717, 1.165) is 38.4 Å². The number of ether oxygens (including phenoxy) is 1. The molecule has 0 bridgehead atoms. The Bertz CT molecular complexity index is 1100. The zero-order valence-corrected chi connectivity index (χ0v) is 17.6. The lowest BCUT2D eigenvalue weighted by molar-refractivity contribution is -0.116. The fraction of sp³-hybridized carbons (Fsp3) is 0.368. The van der Waals surface area contributed by atoms with Gasteiger partial charge in [0, 0.05) is 32.4 Å². The number of benzene rings is 1. The van der Waals surface area contributed by atoms with Gasteiger partial charge in [0.1, 0.15) is 22.9 Å². The minimum absolute atomic E-state index is 0.128. The molecule has 29 heavy (non-hydrogen) atoms. The summed E-state index contributed by atoms with van der Waals surface area (Å²) in [5, 5.41) is 7.36. The normalized spacial score (nSPS) is 15.0. The van der Waals surface area contributed by atoms with Gasteiger partial charge in [0.2, 0.25) is 5.91 Å². The van der Waals surface area contributed by atoms with Gasteiger partial charge in [-0.2, -0.15) is 5.10 Å². The zero-order chi connectivity index (χ0) is 20.4. The predicted octanol–water partition coefficient (Wildman–Crippen LogP) is 1.36. The number of halogens is 1. The van der Waals surface area contributed by atoms with Crippen LogP contribution in [0, 0.1) is 0 Å². The van der Waals surface area contributed by atoms with Crippen molar-refractivity contribution in [3.63, 3.8) is 0 Å². The first-order valence-corrected chi connectivity index (χ1v) is 10.1. The molecule has 0 unspecified atom stereocenters. The summed E-state index contributed by atoms with van der Waals surface area (Å²) in [6.07, 6.45) is 1.37. The Morgan fingerprint density at radius 2 is 2.10 bits per heavy atom. The molecule has 9 nitrogen and oxygen atoms in total. The highest BCUT2D eigenvalue weighted by molar-refractivity contribution is 9.10. The van der Waals surface area contributed by atoms with Crippen LogP contribution in [0.2, 0.25) is 0 Å². The molecule has 0 radical (unpaired) electrons. The minimum atomic E-state index is -0.314. The van der Waals surface area contributed by atoms with E-state index in [4.69, 9.17) is 4.74 Å². The van der Waals surface area contributed by atoms with Gasteiger partial charge in [0.25, 0.3) is 5.56 Å². The van der Waals surface area contributed by atoms with Gasteiger partial charge >= 0.3 is 0 Å². The van der Waals surface area contributed by atoms with Crippen molar-refractivity contribution >= 4 is 38.6 Å². The fourth-order valence-electron chi connectivity index (χ4n) is 3.37. The molecular weight excluding hydrogens is 440 g/mol. The van der Waals surface area contributed by atoms with E-state index < -0.39 is 0 Å². The molecule has 1 fully saturated rings. The third-order valence-electron chi connectivity index (χ3n) is 4.80. The van der Waals surface area contributed by atoms with Crippen molar-refractivity contribution in [1.82, 2.24) is 24.2 Å². The van der Waals surface area contributed by atoms with Crippen molar-refractivity contribution in [2.45, 2.75) is 13.1 Å². The zero-order valence-electron chi connectivity index (χ0n) is 16.0. The van der Waals surface area contributed by atoms with E-state index in [2.05, 4.69) is 36.2 Å². The Kier molecular flexibility index (Phi) is 5.74. The standard InChI is InChI=1S/C19H21BrN6O3/c1-24-18-16(17(20)23-24)19(28)26(12-21-18)11-15(27)22-14-4-2-3-13(9-14)10-25-5-7-29-8-6-25/h2-4,9,12H,5-8,10-11H2,1H3,(H,22,27). The molecule has 0 saturated carbocycles. The van der Waals surface area contributed by atoms with Crippen molar-refractivity contribution in [2.75, 3.05) is 31.6 Å². The SMILES string of the molecule is Cn1nc(Br)c2c(=O)n(CC(=O)Nc3cccc(CN4CCOCC4)c3)cnc21. The minimum Gasteiger partial charge on any atom is -0.379 e. The first-order chi connectivity index (χ1) is 14.0. The summed E-state index contributed by atoms with van der Waals surface area (Å²) in [6.45, 7) is 3.98. The quantitative estimate of drug-likeness (QED) is 0.617. The molecule has 152 valence electrons. The Balaban J connectivity index is 1.45. The molecule has 3 heterocycles. The summed E-state index contributed by atoms with van der Waals surface area (Å²) < 4.78 is 8.59. The third kappa shape index (κ3) is 4.39. The largest absolute Gasteiger partial charge is 0.379 e. The van der Waals surface area contributed by atoms with Crippen LogP contribution in [0.1, 0.15) is 5.56 Å². The number of nitrogens with zero attached hydrogens (tertiary/aromatic N) is 5. The van der Waals surface area contributed by atoms with Crippen LogP contribution in [-0.2, 0) is 29.7 Å². The summed E-state index contributed by atoms with van der Waals surface area (Å²) in [4.78, 5) is 31.7. The van der Waals surface area contributed by atoms with Gasteiger partial charge in [-0.15, -0.1) is 0 Å². The molecule has 1 N–H and O–H groups in total. The van der Waals surface area contributed by atoms with E-state index in [-0.39, 0.29) is 18.0 Å². The van der Waals surface area contributed by atoms with Crippen molar-refractivity contribution in [3.05, 3.63) is 51.1 Å². The average Bonchev–Trinajstić information content (AvgIpc) is 2.99. The lowest BCUT2D eigenvalue weighted by atomic mass is 10.2. The van der Waals surface area contributed by atoms with E-state index in [1.807, 2.05) is 24.3 Å². The van der Waals surface area contributed by atoms with Gasteiger partial charge in [-0.05, 0) is 33.6 Å². The number of nitrogens with one attached hydrogen (secondary N) is 1. The number of carbonyl (C=O) groups is 1. The number of amides is 1. The molecule has 1 amide bonds. The van der Waals surface area contributed by atoms with Crippen LogP contribution in [0.5, 0.6) is 0 Å². The summed E-state index contributed by atoms with van der Waals surface area (Å²) >= 11 is 3.27. The average molecular weight is 461 g/mol. The van der Waals surface area contributed by atoms with Gasteiger partial charge in [-0.1, -0.05) is 12.1 Å². The summed E-state index contributed by atoms with van der Waals surface area (Å²) in [6, 6.07) is 7.74. The second kappa shape index (κ2) is 8.44. The maximum absolute atomic E-state index is 12.7. The summed E-state index contributed by atoms with van der Waals surface area (Å²) in [5.74, 6) is -0.295. The Labute approximate surface area is 175 Å². The molecule has 1 saturated heterocycles. The molecule has 4 rings (SSSR count). The number of aryl methyl sites for hydroxylation is 1. The van der Waals surface area contributed by atoms with Gasteiger partial charge in [0.05, 0.1) is 13.2 Å². The Hall–Kier alpha value is -2.56. The predicted molar refractivity (Wildman–Crippen MR) is 112 cm³/mol. The lowest BCUT2D eigenvalue weighted by Gasteiger charge is -2.26. The van der Waals surface area contributed by atoms with Crippen LogP contribution in [0.4, 0.5) is 5.69 Å². The molecule has 1 aromatic carbocycles. The number of hydrogen-bond acceptors (Lipinski definition) is 6. The van der Waals surface area contributed by atoms with Gasteiger partial charge in [0.15, 0.2) is 5.65 Å². The highest BCUT2D eigenvalue weighted by atomic mass is 79.9. The van der Waals surface area contributed by atoms with E-state index in [9.17, 15) is 9.59 Å². The molecule has 10 heteroatoms. The number of anilines is 1. The fourth-order valence-corrected chi connectivity index (χ4v) is 3.95. The third-order valence-corrected chi connectivity index (χ3v) is 5.36. The van der Waals surface area contributed by atoms with E-state index in [0.29, 0.717) is 21.3 Å². The number of hydrogen-bond donors (Lipinski definition) is 1. The number of carbonyl (C=O) groups excluding carboxylic acids is 1. The first-order valence-electron chi connectivity index (χ1n) is 9.28. The molecule has 2 aromatic heterocycles. The van der Waals surface area contributed by atoms with E-state index in [1.54, 1.807) is 7.05 Å². The second-order valence-electron chi connectivity index (χ2n) is 6.93. The van der Waals surface area contributed by atoms with Crippen LogP contribution in [-0.4, -0.2) is 56.4 Å². The monoisotopic (exact) mass is 460 g/mol. The van der Waals surface area contributed by atoms with Crippen LogP contribution in [0.25, 0.3) is 11.0 Å². The summed E-state index contributed by atoms with van der Waals surface area (Å²) in [5.41, 5.74) is 1.97. The number of rotatable bonds is 5. The number of morpholine rings is 1. The van der Waals surface area contributed by atoms with Crippen molar-refractivity contribution < 1.29 is 9.53 Å². The van der Waals surface area contributed by atoms with Crippen molar-refractivity contribution in [1.29, 1.82) is 0 Å². The first kappa shape index (κ1) is 19.7. The van der Waals surface area contributed by atoms with E-state index >= 15 is 0 Å².